The zero-order valence-corrected chi connectivity index (χ0v) is 18.1. The van der Waals surface area contributed by atoms with E-state index in [1.54, 1.807) is 7.05 Å². The van der Waals surface area contributed by atoms with Gasteiger partial charge in [-0.1, -0.05) is 18.2 Å². The number of para-hydroxylation sites is 1. The first kappa shape index (κ1) is 21.0. The van der Waals surface area contributed by atoms with Crippen LogP contribution in [0.3, 0.4) is 0 Å². The second-order valence-electron chi connectivity index (χ2n) is 8.58. The summed E-state index contributed by atoms with van der Waals surface area (Å²) in [6.07, 6.45) is 1.44. The van der Waals surface area contributed by atoms with Crippen LogP contribution in [-0.4, -0.2) is 60.3 Å². The van der Waals surface area contributed by atoms with Crippen LogP contribution in [0.25, 0.3) is 10.9 Å². The average Bonchev–Trinajstić information content (AvgIpc) is 3.21. The molecule has 1 aromatic heterocycles. The van der Waals surface area contributed by atoms with Crippen molar-refractivity contribution in [3.63, 3.8) is 0 Å². The van der Waals surface area contributed by atoms with E-state index in [1.165, 1.54) is 22.2 Å². The third-order valence-corrected chi connectivity index (χ3v) is 5.11. The minimum absolute atomic E-state index is 0.0688. The van der Waals surface area contributed by atoms with Gasteiger partial charge in [-0.3, -0.25) is 4.99 Å². The standard InChI is InChI=1S/C22H33N5O2/c1-15-17(18-8-6-7-9-19(18)25-15)10-12-24-20(23-5)27-13-11-16(14-27)26-21(28)29-22(2,3)4/h6-9,16,25H,10-14H2,1-5H3,(H,23,24)(H,26,28). The Labute approximate surface area is 172 Å². The number of aromatic amines is 1. The minimum atomic E-state index is -0.486. The number of aryl methyl sites for hydroxylation is 1. The molecule has 3 rings (SSSR count). The summed E-state index contributed by atoms with van der Waals surface area (Å²) in [7, 11) is 1.80. The Morgan fingerprint density at radius 2 is 2.10 bits per heavy atom. The molecule has 2 aromatic rings. The SMILES string of the molecule is CN=C(NCCc1c(C)[nH]c2ccccc12)N1CCC(NC(=O)OC(C)(C)C)C1. The lowest BCUT2D eigenvalue weighted by atomic mass is 10.1. The number of nitrogens with zero attached hydrogens (tertiary/aromatic N) is 2. The highest BCUT2D eigenvalue weighted by Crippen LogP contribution is 2.22. The normalized spacial score (nSPS) is 17.6. The van der Waals surface area contributed by atoms with E-state index >= 15 is 0 Å². The summed E-state index contributed by atoms with van der Waals surface area (Å²) < 4.78 is 5.36. The zero-order valence-electron chi connectivity index (χ0n) is 18.1. The van der Waals surface area contributed by atoms with Gasteiger partial charge in [0.15, 0.2) is 5.96 Å². The van der Waals surface area contributed by atoms with Crippen molar-refractivity contribution < 1.29 is 9.53 Å². The number of benzene rings is 1. The number of alkyl carbamates (subject to hydrolysis) is 1. The van der Waals surface area contributed by atoms with Gasteiger partial charge in [-0.25, -0.2) is 4.79 Å². The molecule has 0 radical (unpaired) electrons. The van der Waals surface area contributed by atoms with E-state index in [1.807, 2.05) is 20.8 Å². The second-order valence-corrected chi connectivity index (χ2v) is 8.58. The summed E-state index contributed by atoms with van der Waals surface area (Å²) in [4.78, 5) is 22.1. The van der Waals surface area contributed by atoms with Crippen molar-refractivity contribution in [2.75, 3.05) is 26.7 Å². The van der Waals surface area contributed by atoms with Crippen LogP contribution in [0.5, 0.6) is 0 Å². The van der Waals surface area contributed by atoms with Crippen molar-refractivity contribution >= 4 is 23.0 Å². The predicted molar refractivity (Wildman–Crippen MR) is 117 cm³/mol. The van der Waals surface area contributed by atoms with Gasteiger partial charge in [-0.2, -0.15) is 0 Å². The highest BCUT2D eigenvalue weighted by Gasteiger charge is 2.27. The number of guanidine groups is 1. The van der Waals surface area contributed by atoms with Crippen LogP contribution >= 0.6 is 0 Å². The number of aromatic nitrogens is 1. The number of likely N-dealkylation sites (tertiary alicyclic amines) is 1. The first-order valence-corrected chi connectivity index (χ1v) is 10.3. The molecule has 3 N–H and O–H groups in total. The number of amides is 1. The Morgan fingerprint density at radius 3 is 2.83 bits per heavy atom. The number of H-pyrrole nitrogens is 1. The predicted octanol–water partition coefficient (Wildman–Crippen LogP) is 3.19. The summed E-state index contributed by atoms with van der Waals surface area (Å²) in [6, 6.07) is 8.47. The van der Waals surface area contributed by atoms with E-state index in [-0.39, 0.29) is 12.1 Å². The van der Waals surface area contributed by atoms with Crippen LogP contribution in [0.1, 0.15) is 38.4 Å². The number of carbonyl (C=O) groups excluding carboxylic acids is 1. The molecule has 1 aromatic carbocycles. The Kier molecular flexibility index (Phi) is 6.35. The van der Waals surface area contributed by atoms with Gasteiger partial charge < -0.3 is 25.3 Å². The number of hydrogen-bond donors (Lipinski definition) is 3. The van der Waals surface area contributed by atoms with Crippen molar-refractivity contribution in [1.29, 1.82) is 0 Å². The molecule has 1 saturated heterocycles. The topological polar surface area (TPSA) is 81.8 Å². The molecular weight excluding hydrogens is 366 g/mol. The molecule has 1 aliphatic rings. The van der Waals surface area contributed by atoms with E-state index in [0.29, 0.717) is 0 Å². The molecule has 1 amide bonds. The van der Waals surface area contributed by atoms with E-state index in [2.05, 4.69) is 56.7 Å². The number of carbonyl (C=O) groups is 1. The van der Waals surface area contributed by atoms with Gasteiger partial charge in [-0.05, 0) is 52.2 Å². The third kappa shape index (κ3) is 5.43. The molecule has 2 heterocycles. The summed E-state index contributed by atoms with van der Waals surface area (Å²) in [5.74, 6) is 0.871. The van der Waals surface area contributed by atoms with E-state index < -0.39 is 5.60 Å². The molecule has 158 valence electrons. The van der Waals surface area contributed by atoms with Crippen molar-refractivity contribution in [3.8, 4) is 0 Å². The molecule has 29 heavy (non-hydrogen) atoms. The summed E-state index contributed by atoms with van der Waals surface area (Å²) in [6.45, 7) is 10.1. The fraction of sp³-hybridized carbons (Fsp3) is 0.545. The van der Waals surface area contributed by atoms with Crippen LogP contribution in [0, 0.1) is 6.92 Å². The number of fused-ring (bicyclic) bond motifs is 1. The van der Waals surface area contributed by atoms with Crippen molar-refractivity contribution in [3.05, 3.63) is 35.5 Å². The van der Waals surface area contributed by atoms with Gasteiger partial charge in [0.25, 0.3) is 0 Å². The number of hydrogen-bond acceptors (Lipinski definition) is 3. The van der Waals surface area contributed by atoms with Crippen LogP contribution in [0.15, 0.2) is 29.3 Å². The zero-order chi connectivity index (χ0) is 21.0. The Balaban J connectivity index is 1.51. The van der Waals surface area contributed by atoms with Crippen LogP contribution in [0.4, 0.5) is 4.79 Å². The molecule has 7 heteroatoms. The van der Waals surface area contributed by atoms with Gasteiger partial charge in [0.1, 0.15) is 5.60 Å². The molecule has 1 fully saturated rings. The number of nitrogens with one attached hydrogen (secondary N) is 3. The number of aliphatic imine (C=N–C) groups is 1. The van der Waals surface area contributed by atoms with Gasteiger partial charge >= 0.3 is 6.09 Å². The van der Waals surface area contributed by atoms with Crippen molar-refractivity contribution in [2.45, 2.75) is 52.2 Å². The Hall–Kier alpha value is -2.70. The van der Waals surface area contributed by atoms with E-state index in [4.69, 9.17) is 4.74 Å². The smallest absolute Gasteiger partial charge is 0.407 e. The Morgan fingerprint density at radius 1 is 1.34 bits per heavy atom. The van der Waals surface area contributed by atoms with E-state index in [0.717, 1.165) is 38.4 Å². The quantitative estimate of drug-likeness (QED) is 0.545. The molecule has 0 aliphatic carbocycles. The second kappa shape index (κ2) is 8.76. The molecule has 1 aliphatic heterocycles. The Bertz CT molecular complexity index is 881. The molecule has 0 spiro atoms. The molecule has 0 saturated carbocycles. The number of ether oxygens (including phenoxy) is 1. The maximum Gasteiger partial charge on any atom is 0.407 e. The highest BCUT2D eigenvalue weighted by molar-refractivity contribution is 5.85. The largest absolute Gasteiger partial charge is 0.444 e. The maximum atomic E-state index is 12.0. The summed E-state index contributed by atoms with van der Waals surface area (Å²) >= 11 is 0. The summed E-state index contributed by atoms with van der Waals surface area (Å²) in [5.41, 5.74) is 3.25. The minimum Gasteiger partial charge on any atom is -0.444 e. The van der Waals surface area contributed by atoms with Gasteiger partial charge in [0, 0.05) is 43.3 Å². The third-order valence-electron chi connectivity index (χ3n) is 5.11. The lowest BCUT2D eigenvalue weighted by molar-refractivity contribution is 0.0507. The van der Waals surface area contributed by atoms with Gasteiger partial charge in [0.05, 0.1) is 6.04 Å². The number of rotatable bonds is 4. The fourth-order valence-corrected chi connectivity index (χ4v) is 3.83. The van der Waals surface area contributed by atoms with Crippen LogP contribution in [0.2, 0.25) is 0 Å². The lowest BCUT2D eigenvalue weighted by Crippen LogP contribution is -2.44. The molecule has 1 atom stereocenters. The molecule has 1 unspecified atom stereocenters. The lowest BCUT2D eigenvalue weighted by Gasteiger charge is -2.23. The monoisotopic (exact) mass is 399 g/mol. The average molecular weight is 400 g/mol. The van der Waals surface area contributed by atoms with Crippen LogP contribution < -0.4 is 10.6 Å². The molecule has 0 bridgehead atoms. The maximum absolute atomic E-state index is 12.0. The van der Waals surface area contributed by atoms with Gasteiger partial charge in [-0.15, -0.1) is 0 Å². The van der Waals surface area contributed by atoms with Gasteiger partial charge in [0.2, 0.25) is 0 Å². The van der Waals surface area contributed by atoms with Crippen molar-refractivity contribution in [1.82, 2.24) is 20.5 Å². The van der Waals surface area contributed by atoms with E-state index in [9.17, 15) is 4.79 Å². The fourth-order valence-electron chi connectivity index (χ4n) is 3.83. The summed E-state index contributed by atoms with van der Waals surface area (Å²) in [5, 5.41) is 7.71. The first-order chi connectivity index (χ1) is 13.8. The highest BCUT2D eigenvalue weighted by atomic mass is 16.6. The van der Waals surface area contributed by atoms with Crippen molar-refractivity contribution in [2.24, 2.45) is 4.99 Å². The molecule has 7 nitrogen and oxygen atoms in total. The van der Waals surface area contributed by atoms with Crippen LogP contribution in [-0.2, 0) is 11.2 Å². The first-order valence-electron chi connectivity index (χ1n) is 10.3. The molecular formula is C22H33N5O2.